The molecule has 0 bridgehead atoms. The molecule has 0 aliphatic heterocycles. The average Bonchev–Trinajstić information content (AvgIpc) is 2.77. The van der Waals surface area contributed by atoms with Gasteiger partial charge in [0.15, 0.2) is 0 Å². The largest absolute Gasteiger partial charge is 0.416 e. The van der Waals surface area contributed by atoms with Crippen molar-refractivity contribution >= 4 is 10.9 Å². The standard InChI is InChI=1S/C26H22F3N/c1-2-3-5-18-8-10-19(11-9-18)20-6-4-7-21(16-20)24-14-12-22-17-23(26(27,28)29)13-15-25(22)30-24/h4,6-17H,2-3,5H2,1H3. The van der Waals surface area contributed by atoms with Crippen LogP contribution in [-0.4, -0.2) is 4.98 Å². The third-order valence-electron chi connectivity index (χ3n) is 5.28. The molecule has 0 unspecified atom stereocenters. The summed E-state index contributed by atoms with van der Waals surface area (Å²) in [5.74, 6) is 0. The molecule has 0 saturated heterocycles. The summed E-state index contributed by atoms with van der Waals surface area (Å²) in [6.07, 6.45) is -0.895. The van der Waals surface area contributed by atoms with E-state index in [0.717, 1.165) is 40.9 Å². The van der Waals surface area contributed by atoms with E-state index in [1.54, 1.807) is 12.1 Å². The second-order valence-electron chi connectivity index (χ2n) is 7.48. The lowest BCUT2D eigenvalue weighted by atomic mass is 9.99. The number of unbranched alkanes of at least 4 members (excludes halogenated alkanes) is 1. The number of hydrogen-bond donors (Lipinski definition) is 0. The van der Waals surface area contributed by atoms with Crippen LogP contribution in [0.5, 0.6) is 0 Å². The van der Waals surface area contributed by atoms with Crippen LogP contribution in [0.1, 0.15) is 30.9 Å². The summed E-state index contributed by atoms with van der Waals surface area (Å²) in [6.45, 7) is 2.19. The molecule has 4 heteroatoms. The normalized spacial score (nSPS) is 11.7. The van der Waals surface area contributed by atoms with Gasteiger partial charge in [0.1, 0.15) is 0 Å². The molecule has 1 aromatic heterocycles. The fourth-order valence-corrected chi connectivity index (χ4v) is 3.57. The van der Waals surface area contributed by atoms with E-state index in [2.05, 4.69) is 48.3 Å². The van der Waals surface area contributed by atoms with Gasteiger partial charge in [-0.25, -0.2) is 4.98 Å². The molecule has 0 spiro atoms. The lowest BCUT2D eigenvalue weighted by Gasteiger charge is -2.10. The van der Waals surface area contributed by atoms with Crippen molar-refractivity contribution in [3.63, 3.8) is 0 Å². The predicted octanol–water partition coefficient (Wildman–Crippen LogP) is 7.93. The molecule has 0 aliphatic carbocycles. The van der Waals surface area contributed by atoms with Crippen LogP contribution >= 0.6 is 0 Å². The van der Waals surface area contributed by atoms with Gasteiger partial charge in [-0.3, -0.25) is 0 Å². The first kappa shape index (κ1) is 20.1. The van der Waals surface area contributed by atoms with E-state index in [-0.39, 0.29) is 0 Å². The fraction of sp³-hybridized carbons (Fsp3) is 0.192. The quantitative estimate of drug-likeness (QED) is 0.328. The summed E-state index contributed by atoms with van der Waals surface area (Å²) in [4.78, 5) is 4.58. The van der Waals surface area contributed by atoms with Gasteiger partial charge >= 0.3 is 6.18 Å². The lowest BCUT2D eigenvalue weighted by molar-refractivity contribution is -0.137. The van der Waals surface area contributed by atoms with Gasteiger partial charge in [0.25, 0.3) is 0 Å². The molecule has 0 amide bonds. The van der Waals surface area contributed by atoms with Crippen molar-refractivity contribution in [1.82, 2.24) is 4.98 Å². The topological polar surface area (TPSA) is 12.9 Å². The molecular formula is C26H22F3N. The first-order chi connectivity index (χ1) is 14.4. The van der Waals surface area contributed by atoms with Gasteiger partial charge in [-0.1, -0.05) is 61.9 Å². The highest BCUT2D eigenvalue weighted by molar-refractivity contribution is 5.83. The number of aromatic nitrogens is 1. The predicted molar refractivity (Wildman–Crippen MR) is 116 cm³/mol. The molecule has 3 aromatic carbocycles. The molecule has 1 nitrogen and oxygen atoms in total. The summed E-state index contributed by atoms with van der Waals surface area (Å²) in [5.41, 5.74) is 5.12. The minimum atomic E-state index is -4.35. The van der Waals surface area contributed by atoms with E-state index in [1.807, 2.05) is 12.1 Å². The molecule has 0 saturated carbocycles. The van der Waals surface area contributed by atoms with Gasteiger partial charge in [-0.05, 0) is 59.9 Å². The maximum atomic E-state index is 12.9. The number of alkyl halides is 3. The van der Waals surface area contributed by atoms with Gasteiger partial charge in [0.2, 0.25) is 0 Å². The second kappa shape index (κ2) is 8.31. The molecular weight excluding hydrogens is 383 g/mol. The second-order valence-corrected chi connectivity index (χ2v) is 7.48. The average molecular weight is 405 g/mol. The summed E-state index contributed by atoms with van der Waals surface area (Å²) in [5, 5.41) is 0.479. The summed E-state index contributed by atoms with van der Waals surface area (Å²) in [6, 6.07) is 23.8. The summed E-state index contributed by atoms with van der Waals surface area (Å²) < 4.78 is 38.8. The Kier molecular flexibility index (Phi) is 5.58. The molecule has 0 radical (unpaired) electrons. The third kappa shape index (κ3) is 4.38. The van der Waals surface area contributed by atoms with Crippen LogP contribution < -0.4 is 0 Å². The smallest absolute Gasteiger partial charge is 0.248 e. The molecule has 4 rings (SSSR count). The Hall–Kier alpha value is -3.14. The Labute approximate surface area is 174 Å². The molecule has 0 aliphatic rings. The van der Waals surface area contributed by atoms with Crippen molar-refractivity contribution in [2.24, 2.45) is 0 Å². The van der Waals surface area contributed by atoms with E-state index >= 15 is 0 Å². The van der Waals surface area contributed by atoms with Crippen LogP contribution in [-0.2, 0) is 12.6 Å². The van der Waals surface area contributed by atoms with Crippen molar-refractivity contribution in [1.29, 1.82) is 0 Å². The number of fused-ring (bicyclic) bond motifs is 1. The highest BCUT2D eigenvalue weighted by Crippen LogP contribution is 2.32. The third-order valence-corrected chi connectivity index (χ3v) is 5.28. The minimum absolute atomic E-state index is 0.479. The van der Waals surface area contributed by atoms with Crippen LogP contribution in [0.3, 0.4) is 0 Å². The molecule has 30 heavy (non-hydrogen) atoms. The highest BCUT2D eigenvalue weighted by Gasteiger charge is 2.30. The van der Waals surface area contributed by atoms with E-state index in [1.165, 1.54) is 24.5 Å². The number of halogens is 3. The Morgan fingerprint density at radius 1 is 0.767 bits per heavy atom. The number of benzene rings is 3. The Bertz CT molecular complexity index is 1160. The zero-order chi connectivity index (χ0) is 21.1. The first-order valence-corrected chi connectivity index (χ1v) is 10.1. The van der Waals surface area contributed by atoms with Crippen molar-refractivity contribution in [3.8, 4) is 22.4 Å². The van der Waals surface area contributed by atoms with E-state index in [4.69, 9.17) is 0 Å². The van der Waals surface area contributed by atoms with Crippen molar-refractivity contribution in [2.45, 2.75) is 32.4 Å². The first-order valence-electron chi connectivity index (χ1n) is 10.1. The number of nitrogens with zero attached hydrogens (tertiary/aromatic N) is 1. The molecule has 1 heterocycles. The van der Waals surface area contributed by atoms with E-state index in [0.29, 0.717) is 10.9 Å². The van der Waals surface area contributed by atoms with Gasteiger partial charge in [-0.2, -0.15) is 13.2 Å². The number of rotatable bonds is 5. The van der Waals surface area contributed by atoms with Crippen LogP contribution in [0.4, 0.5) is 13.2 Å². The Morgan fingerprint density at radius 2 is 1.53 bits per heavy atom. The molecule has 152 valence electrons. The molecule has 0 fully saturated rings. The van der Waals surface area contributed by atoms with Crippen molar-refractivity contribution in [3.05, 3.63) is 90.0 Å². The lowest BCUT2D eigenvalue weighted by Crippen LogP contribution is -2.04. The van der Waals surface area contributed by atoms with Gasteiger partial charge in [0.05, 0.1) is 16.8 Å². The summed E-state index contributed by atoms with van der Waals surface area (Å²) >= 11 is 0. The monoisotopic (exact) mass is 405 g/mol. The zero-order valence-corrected chi connectivity index (χ0v) is 16.7. The number of aryl methyl sites for hydroxylation is 1. The molecule has 4 aromatic rings. The Balaban J connectivity index is 1.64. The molecule has 0 atom stereocenters. The van der Waals surface area contributed by atoms with Crippen molar-refractivity contribution in [2.75, 3.05) is 0 Å². The van der Waals surface area contributed by atoms with Crippen LogP contribution in [0.15, 0.2) is 78.9 Å². The van der Waals surface area contributed by atoms with E-state index < -0.39 is 11.7 Å². The van der Waals surface area contributed by atoms with Gasteiger partial charge in [0, 0.05) is 10.9 Å². The number of pyridine rings is 1. The highest BCUT2D eigenvalue weighted by atomic mass is 19.4. The maximum absolute atomic E-state index is 12.9. The van der Waals surface area contributed by atoms with Crippen molar-refractivity contribution < 1.29 is 13.2 Å². The summed E-state index contributed by atoms with van der Waals surface area (Å²) in [7, 11) is 0. The van der Waals surface area contributed by atoms with E-state index in [9.17, 15) is 13.2 Å². The SMILES string of the molecule is CCCCc1ccc(-c2cccc(-c3ccc4cc(C(F)(F)F)ccc4n3)c2)cc1. The van der Waals surface area contributed by atoms with Gasteiger partial charge in [-0.15, -0.1) is 0 Å². The van der Waals surface area contributed by atoms with Crippen LogP contribution in [0.2, 0.25) is 0 Å². The molecule has 0 N–H and O–H groups in total. The number of hydrogen-bond acceptors (Lipinski definition) is 1. The Morgan fingerprint density at radius 3 is 2.27 bits per heavy atom. The fourth-order valence-electron chi connectivity index (χ4n) is 3.57. The van der Waals surface area contributed by atoms with Crippen LogP contribution in [0, 0.1) is 0 Å². The minimum Gasteiger partial charge on any atom is -0.248 e. The maximum Gasteiger partial charge on any atom is 0.416 e. The van der Waals surface area contributed by atoms with Gasteiger partial charge < -0.3 is 0 Å². The van der Waals surface area contributed by atoms with Crippen LogP contribution in [0.25, 0.3) is 33.3 Å². The zero-order valence-electron chi connectivity index (χ0n) is 16.7.